The van der Waals surface area contributed by atoms with Gasteiger partial charge in [0.2, 0.25) is 5.90 Å². The summed E-state index contributed by atoms with van der Waals surface area (Å²) in [4.78, 5) is 16.5. The maximum atomic E-state index is 12.2. The Labute approximate surface area is 177 Å². The van der Waals surface area contributed by atoms with E-state index in [0.29, 0.717) is 37.7 Å². The molecule has 0 radical (unpaired) electrons. The van der Waals surface area contributed by atoms with E-state index in [1.165, 1.54) is 7.11 Å². The lowest BCUT2D eigenvalue weighted by molar-refractivity contribution is -0.129. The van der Waals surface area contributed by atoms with Crippen LogP contribution in [0.3, 0.4) is 0 Å². The van der Waals surface area contributed by atoms with Crippen molar-refractivity contribution in [2.24, 2.45) is 4.99 Å². The molecule has 2 aromatic rings. The van der Waals surface area contributed by atoms with E-state index in [2.05, 4.69) is 4.99 Å². The fourth-order valence-electron chi connectivity index (χ4n) is 2.52. The average molecular weight is 441 g/mol. The van der Waals surface area contributed by atoms with Gasteiger partial charge in [-0.1, -0.05) is 34.8 Å². The lowest BCUT2D eigenvalue weighted by Gasteiger charge is -2.15. The van der Waals surface area contributed by atoms with E-state index in [1.54, 1.807) is 36.4 Å². The minimum atomic E-state index is -0.599. The molecule has 0 bridgehead atoms. The average Bonchev–Trinajstić information content (AvgIpc) is 2.97. The third-order valence-corrected chi connectivity index (χ3v) is 4.52. The zero-order valence-electron chi connectivity index (χ0n) is 15.3. The van der Waals surface area contributed by atoms with Gasteiger partial charge >= 0.3 is 5.97 Å². The van der Waals surface area contributed by atoms with Gasteiger partial charge in [0.05, 0.1) is 28.8 Å². The minimum Gasteiger partial charge on any atom is -0.493 e. The molecular formula is C20H16Cl3NO4. The molecule has 1 aliphatic rings. The van der Waals surface area contributed by atoms with Crippen LogP contribution in [0.25, 0.3) is 6.08 Å². The third-order valence-electron chi connectivity index (χ3n) is 3.69. The van der Waals surface area contributed by atoms with Crippen molar-refractivity contribution in [2.45, 2.75) is 20.0 Å². The van der Waals surface area contributed by atoms with E-state index in [9.17, 15) is 4.79 Å². The number of benzene rings is 2. The Morgan fingerprint density at radius 3 is 2.50 bits per heavy atom. The fourth-order valence-corrected chi connectivity index (χ4v) is 3.27. The zero-order valence-corrected chi connectivity index (χ0v) is 17.5. The SMILES string of the molecule is COc1cc(/C=C2\N=C(c3ccc(Cl)cc3Cl)OC2=O)cc(Cl)c1OC(C)C. The van der Waals surface area contributed by atoms with Crippen LogP contribution in [-0.4, -0.2) is 25.1 Å². The van der Waals surface area contributed by atoms with Gasteiger partial charge in [0.25, 0.3) is 0 Å². The second-order valence-corrected chi connectivity index (χ2v) is 7.41. The molecule has 0 saturated carbocycles. The highest BCUT2D eigenvalue weighted by molar-refractivity contribution is 6.37. The van der Waals surface area contributed by atoms with Crippen LogP contribution in [0.5, 0.6) is 11.5 Å². The molecule has 1 heterocycles. The summed E-state index contributed by atoms with van der Waals surface area (Å²) in [5, 5.41) is 1.16. The van der Waals surface area contributed by atoms with Gasteiger partial charge in [-0.2, -0.15) is 0 Å². The Bertz CT molecular complexity index is 999. The highest BCUT2D eigenvalue weighted by Gasteiger charge is 2.26. The fraction of sp³-hybridized carbons (Fsp3) is 0.200. The predicted molar refractivity (Wildman–Crippen MR) is 111 cm³/mol. The Hall–Kier alpha value is -2.21. The molecular weight excluding hydrogens is 425 g/mol. The molecule has 5 nitrogen and oxygen atoms in total. The van der Waals surface area contributed by atoms with Gasteiger partial charge in [-0.3, -0.25) is 0 Å². The second-order valence-electron chi connectivity index (χ2n) is 6.16. The standard InChI is InChI=1S/C20H16Cl3NO4/c1-10(2)27-18-15(23)6-11(8-17(18)26-3)7-16-20(25)28-19(24-16)13-5-4-12(21)9-14(13)22/h4-10H,1-3H3/b16-7-. The zero-order chi connectivity index (χ0) is 20.4. The number of rotatable bonds is 5. The number of esters is 1. The maximum absolute atomic E-state index is 12.2. The van der Waals surface area contributed by atoms with Crippen LogP contribution in [0.1, 0.15) is 25.0 Å². The first-order valence-corrected chi connectivity index (χ1v) is 9.44. The van der Waals surface area contributed by atoms with Crippen LogP contribution in [-0.2, 0) is 9.53 Å². The number of methoxy groups -OCH3 is 1. The summed E-state index contributed by atoms with van der Waals surface area (Å²) < 4.78 is 16.3. The van der Waals surface area contributed by atoms with Crippen molar-refractivity contribution in [3.05, 3.63) is 62.2 Å². The molecule has 146 valence electrons. The smallest absolute Gasteiger partial charge is 0.363 e. The normalized spacial score (nSPS) is 15.0. The third kappa shape index (κ3) is 4.43. The number of carbonyl (C=O) groups excluding carboxylic acids is 1. The van der Waals surface area contributed by atoms with Crippen LogP contribution >= 0.6 is 34.8 Å². The van der Waals surface area contributed by atoms with Crippen LogP contribution in [0.15, 0.2) is 41.0 Å². The molecule has 0 aromatic heterocycles. The summed E-state index contributed by atoms with van der Waals surface area (Å²) >= 11 is 18.4. The van der Waals surface area contributed by atoms with Gasteiger partial charge in [0.1, 0.15) is 0 Å². The van der Waals surface area contributed by atoms with Gasteiger partial charge in [-0.05, 0) is 55.8 Å². The van der Waals surface area contributed by atoms with Crippen LogP contribution < -0.4 is 9.47 Å². The Kier molecular flexibility index (Phi) is 6.18. The first-order chi connectivity index (χ1) is 13.3. The van der Waals surface area contributed by atoms with E-state index in [1.807, 2.05) is 13.8 Å². The molecule has 2 aromatic carbocycles. The lowest BCUT2D eigenvalue weighted by Crippen LogP contribution is -2.07. The number of nitrogens with zero attached hydrogens (tertiary/aromatic N) is 1. The van der Waals surface area contributed by atoms with Crippen LogP contribution in [0.4, 0.5) is 0 Å². The van der Waals surface area contributed by atoms with Gasteiger partial charge < -0.3 is 14.2 Å². The predicted octanol–water partition coefficient (Wildman–Crippen LogP) is 5.79. The molecule has 0 fully saturated rings. The summed E-state index contributed by atoms with van der Waals surface area (Å²) in [7, 11) is 1.51. The van der Waals surface area contributed by atoms with Crippen molar-refractivity contribution in [2.75, 3.05) is 7.11 Å². The van der Waals surface area contributed by atoms with E-state index >= 15 is 0 Å². The summed E-state index contributed by atoms with van der Waals surface area (Å²) in [6, 6.07) is 8.18. The highest BCUT2D eigenvalue weighted by Crippen LogP contribution is 2.38. The molecule has 0 unspecified atom stereocenters. The minimum absolute atomic E-state index is 0.0725. The number of hydrogen-bond donors (Lipinski definition) is 0. The molecule has 3 rings (SSSR count). The van der Waals surface area contributed by atoms with Gasteiger partial charge in [0, 0.05) is 5.02 Å². The molecule has 28 heavy (non-hydrogen) atoms. The van der Waals surface area contributed by atoms with Crippen molar-refractivity contribution >= 4 is 52.7 Å². The lowest BCUT2D eigenvalue weighted by atomic mass is 10.1. The summed E-state index contributed by atoms with van der Waals surface area (Å²) in [5.74, 6) is 0.395. The molecule has 0 amide bonds. The first-order valence-electron chi connectivity index (χ1n) is 8.30. The van der Waals surface area contributed by atoms with E-state index in [4.69, 9.17) is 49.0 Å². The molecule has 0 atom stereocenters. The van der Waals surface area contributed by atoms with Crippen molar-refractivity contribution in [1.82, 2.24) is 0 Å². The highest BCUT2D eigenvalue weighted by atomic mass is 35.5. The molecule has 0 spiro atoms. The van der Waals surface area contributed by atoms with Crippen LogP contribution in [0.2, 0.25) is 15.1 Å². The molecule has 1 aliphatic heterocycles. The van der Waals surface area contributed by atoms with Crippen LogP contribution in [0, 0.1) is 0 Å². The van der Waals surface area contributed by atoms with Crippen molar-refractivity contribution in [3.8, 4) is 11.5 Å². The number of aliphatic imine (C=N–C) groups is 1. The van der Waals surface area contributed by atoms with Gasteiger partial charge in [-0.25, -0.2) is 9.79 Å². The van der Waals surface area contributed by atoms with Crippen molar-refractivity contribution in [3.63, 3.8) is 0 Å². The summed E-state index contributed by atoms with van der Waals surface area (Å²) in [6.45, 7) is 3.77. The molecule has 0 saturated heterocycles. The second kappa shape index (κ2) is 8.43. The topological polar surface area (TPSA) is 57.1 Å². The van der Waals surface area contributed by atoms with E-state index in [0.717, 1.165) is 0 Å². The largest absolute Gasteiger partial charge is 0.493 e. The number of cyclic esters (lactones) is 1. The number of halogens is 3. The van der Waals surface area contributed by atoms with Crippen molar-refractivity contribution < 1.29 is 19.0 Å². The summed E-state index contributed by atoms with van der Waals surface area (Å²) in [5.41, 5.74) is 1.19. The Balaban J connectivity index is 1.97. The Morgan fingerprint density at radius 2 is 1.86 bits per heavy atom. The number of carbonyl (C=O) groups is 1. The van der Waals surface area contributed by atoms with Gasteiger partial charge in [0.15, 0.2) is 17.2 Å². The monoisotopic (exact) mass is 439 g/mol. The number of ether oxygens (including phenoxy) is 3. The van der Waals surface area contributed by atoms with E-state index in [-0.39, 0.29) is 17.7 Å². The summed E-state index contributed by atoms with van der Waals surface area (Å²) in [6.07, 6.45) is 1.48. The molecule has 0 aliphatic carbocycles. The first kappa shape index (κ1) is 20.5. The van der Waals surface area contributed by atoms with E-state index < -0.39 is 5.97 Å². The van der Waals surface area contributed by atoms with Crippen molar-refractivity contribution in [1.29, 1.82) is 0 Å². The quantitative estimate of drug-likeness (QED) is 0.436. The number of hydrogen-bond acceptors (Lipinski definition) is 5. The molecule has 0 N–H and O–H groups in total. The maximum Gasteiger partial charge on any atom is 0.363 e. The molecule has 8 heteroatoms. The van der Waals surface area contributed by atoms with Gasteiger partial charge in [-0.15, -0.1) is 0 Å². The Morgan fingerprint density at radius 1 is 1.11 bits per heavy atom.